The first-order valence-electron chi connectivity index (χ1n) is 12.5. The fourth-order valence-electron chi connectivity index (χ4n) is 5.02. The minimum atomic E-state index is -1.06. The Morgan fingerprint density at radius 2 is 1.54 bits per heavy atom. The van der Waals surface area contributed by atoms with Gasteiger partial charge in [-0.15, -0.1) is 0 Å². The lowest BCUT2D eigenvalue weighted by Gasteiger charge is -2.22. The van der Waals surface area contributed by atoms with Crippen LogP contribution in [-0.2, 0) is 19.0 Å². The number of alkyl carbamates (subject to hydrolysis) is 1. The quantitative estimate of drug-likeness (QED) is 0.549. The molecule has 37 heavy (non-hydrogen) atoms. The monoisotopic (exact) mass is 510 g/mol. The Kier molecular flexibility index (Phi) is 8.02. The Morgan fingerprint density at radius 1 is 0.946 bits per heavy atom. The van der Waals surface area contributed by atoms with Gasteiger partial charge in [0.1, 0.15) is 18.8 Å². The molecule has 2 aliphatic rings. The van der Waals surface area contributed by atoms with Crippen LogP contribution in [0.15, 0.2) is 48.5 Å². The van der Waals surface area contributed by atoms with Gasteiger partial charge in [0.25, 0.3) is 0 Å². The molecule has 9 heteroatoms. The zero-order valence-electron chi connectivity index (χ0n) is 21.4. The summed E-state index contributed by atoms with van der Waals surface area (Å²) in [6.07, 6.45) is -0.984. The van der Waals surface area contributed by atoms with Crippen molar-refractivity contribution in [2.45, 2.75) is 32.3 Å². The van der Waals surface area contributed by atoms with E-state index in [-0.39, 0.29) is 37.5 Å². The first-order chi connectivity index (χ1) is 17.6. The molecule has 2 N–H and O–H groups in total. The summed E-state index contributed by atoms with van der Waals surface area (Å²) in [6, 6.07) is 16.3. The molecule has 0 spiro atoms. The molecular formula is C28H34N2O7. The van der Waals surface area contributed by atoms with Gasteiger partial charge >= 0.3 is 18.2 Å². The predicted octanol–water partition coefficient (Wildman–Crippen LogP) is 4.11. The number of carboxylic acid groups (broad SMARTS) is 1. The van der Waals surface area contributed by atoms with Crippen molar-refractivity contribution in [3.8, 4) is 11.1 Å². The summed E-state index contributed by atoms with van der Waals surface area (Å²) in [6.45, 7) is 6.25. The van der Waals surface area contributed by atoms with Gasteiger partial charge in [0.15, 0.2) is 0 Å². The maximum atomic E-state index is 13.1. The fourth-order valence-corrected chi connectivity index (χ4v) is 5.02. The zero-order valence-corrected chi connectivity index (χ0v) is 21.4. The molecule has 198 valence electrons. The Morgan fingerprint density at radius 3 is 2.14 bits per heavy atom. The van der Waals surface area contributed by atoms with Crippen LogP contribution in [0.2, 0.25) is 0 Å². The van der Waals surface area contributed by atoms with Crippen LogP contribution in [0.25, 0.3) is 11.1 Å². The summed E-state index contributed by atoms with van der Waals surface area (Å²) in [5.74, 6) is -1.40. The van der Waals surface area contributed by atoms with Crippen molar-refractivity contribution in [2.24, 2.45) is 11.8 Å². The smallest absolute Gasteiger partial charge is 0.409 e. The minimum Gasteiger partial charge on any atom is -0.480 e. The molecule has 0 aromatic heterocycles. The number of carbonyl (C=O) groups excluding carboxylic acids is 2. The van der Waals surface area contributed by atoms with E-state index in [1.165, 1.54) is 0 Å². The number of benzene rings is 2. The van der Waals surface area contributed by atoms with Gasteiger partial charge in [0, 0.05) is 37.4 Å². The van der Waals surface area contributed by atoms with E-state index >= 15 is 0 Å². The number of aliphatic carboxylic acids is 1. The first-order valence-corrected chi connectivity index (χ1v) is 12.5. The van der Waals surface area contributed by atoms with E-state index in [4.69, 9.17) is 19.3 Å². The van der Waals surface area contributed by atoms with E-state index < -0.39 is 30.4 Å². The van der Waals surface area contributed by atoms with Gasteiger partial charge < -0.3 is 29.5 Å². The number of rotatable bonds is 8. The van der Waals surface area contributed by atoms with Crippen molar-refractivity contribution in [1.29, 1.82) is 0 Å². The molecule has 2 unspecified atom stereocenters. The van der Waals surface area contributed by atoms with Gasteiger partial charge in [-0.05, 0) is 43.0 Å². The number of carbonyl (C=O) groups is 3. The molecule has 2 aromatic carbocycles. The number of ether oxygens (including phenoxy) is 3. The first kappa shape index (κ1) is 26.5. The second-order valence-corrected chi connectivity index (χ2v) is 10.5. The highest BCUT2D eigenvalue weighted by Crippen LogP contribution is 2.44. The minimum absolute atomic E-state index is 0.0433. The lowest BCUT2D eigenvalue weighted by molar-refractivity contribution is -0.142. The molecule has 1 saturated heterocycles. The molecule has 1 fully saturated rings. The highest BCUT2D eigenvalue weighted by Gasteiger charge is 2.37. The molecule has 1 aliphatic heterocycles. The number of carboxylic acids is 1. The topological polar surface area (TPSA) is 114 Å². The fraction of sp³-hybridized carbons (Fsp3) is 0.464. The Balaban J connectivity index is 1.38. The SMILES string of the molecule is CC(C)(C)OC(=O)NCC1CN(C(=O)OCC2c3ccccc3-c3ccccc32)CC1COCC(=O)O. The third kappa shape index (κ3) is 6.60. The maximum absolute atomic E-state index is 13.1. The van der Waals surface area contributed by atoms with Gasteiger partial charge in [-0.25, -0.2) is 14.4 Å². The van der Waals surface area contributed by atoms with Gasteiger partial charge in [-0.3, -0.25) is 0 Å². The average molecular weight is 511 g/mol. The van der Waals surface area contributed by atoms with E-state index in [0.29, 0.717) is 13.1 Å². The number of amides is 2. The number of nitrogens with zero attached hydrogens (tertiary/aromatic N) is 1. The second kappa shape index (κ2) is 11.2. The lowest BCUT2D eigenvalue weighted by atomic mass is 9.97. The molecule has 4 rings (SSSR count). The average Bonchev–Trinajstić information content (AvgIpc) is 3.39. The van der Waals surface area contributed by atoms with Gasteiger partial charge in [-0.2, -0.15) is 0 Å². The van der Waals surface area contributed by atoms with E-state index in [1.54, 1.807) is 25.7 Å². The Hall–Kier alpha value is -3.59. The molecule has 2 amide bonds. The molecule has 9 nitrogen and oxygen atoms in total. The highest BCUT2D eigenvalue weighted by atomic mass is 16.6. The normalized spacial score (nSPS) is 18.7. The number of nitrogens with one attached hydrogen (secondary N) is 1. The predicted molar refractivity (Wildman–Crippen MR) is 136 cm³/mol. The maximum Gasteiger partial charge on any atom is 0.409 e. The highest BCUT2D eigenvalue weighted by molar-refractivity contribution is 5.79. The third-order valence-electron chi connectivity index (χ3n) is 6.64. The molecule has 2 atom stereocenters. The standard InChI is InChI=1S/C28H34N2O7/c1-28(2,3)37-26(33)29-12-18-13-30(14-19(18)15-35-17-25(31)32)27(34)36-16-24-22-10-6-4-8-20(22)21-9-5-7-11-23(21)24/h4-11,18-19,24H,12-17H2,1-3H3,(H,29,33)(H,31,32). The van der Waals surface area contributed by atoms with Gasteiger partial charge in [-0.1, -0.05) is 48.5 Å². The van der Waals surface area contributed by atoms with Gasteiger partial charge in [0.2, 0.25) is 0 Å². The summed E-state index contributed by atoms with van der Waals surface area (Å²) in [5, 5.41) is 11.7. The lowest BCUT2D eigenvalue weighted by Crippen LogP contribution is -2.38. The van der Waals surface area contributed by atoms with Crippen molar-refractivity contribution in [3.05, 3.63) is 59.7 Å². The van der Waals surface area contributed by atoms with Crippen LogP contribution in [-0.4, -0.2) is 73.2 Å². The number of likely N-dealkylation sites (tertiary alicyclic amines) is 1. The Labute approximate surface area is 216 Å². The van der Waals surface area contributed by atoms with Crippen LogP contribution < -0.4 is 5.32 Å². The van der Waals surface area contributed by atoms with Crippen molar-refractivity contribution in [3.63, 3.8) is 0 Å². The van der Waals surface area contributed by atoms with Crippen molar-refractivity contribution in [1.82, 2.24) is 10.2 Å². The molecule has 0 saturated carbocycles. The van der Waals surface area contributed by atoms with Crippen LogP contribution in [0.4, 0.5) is 9.59 Å². The van der Waals surface area contributed by atoms with Crippen LogP contribution in [0, 0.1) is 11.8 Å². The number of fused-ring (bicyclic) bond motifs is 3. The van der Waals surface area contributed by atoms with E-state index in [1.807, 2.05) is 24.3 Å². The molecular weight excluding hydrogens is 476 g/mol. The van der Waals surface area contributed by atoms with Crippen LogP contribution in [0.5, 0.6) is 0 Å². The summed E-state index contributed by atoms with van der Waals surface area (Å²) in [4.78, 5) is 37.7. The third-order valence-corrected chi connectivity index (χ3v) is 6.64. The van der Waals surface area contributed by atoms with E-state index in [9.17, 15) is 14.4 Å². The largest absolute Gasteiger partial charge is 0.480 e. The summed E-state index contributed by atoms with van der Waals surface area (Å²) >= 11 is 0. The second-order valence-electron chi connectivity index (χ2n) is 10.5. The number of hydrogen-bond donors (Lipinski definition) is 2. The molecule has 0 radical (unpaired) electrons. The number of hydrogen-bond acceptors (Lipinski definition) is 6. The van der Waals surface area contributed by atoms with E-state index in [2.05, 4.69) is 29.6 Å². The zero-order chi connectivity index (χ0) is 26.6. The molecule has 2 aromatic rings. The molecule has 0 bridgehead atoms. The van der Waals surface area contributed by atoms with Crippen molar-refractivity contribution in [2.75, 3.05) is 39.5 Å². The van der Waals surface area contributed by atoms with Crippen LogP contribution in [0.1, 0.15) is 37.8 Å². The summed E-state index contributed by atoms with van der Waals surface area (Å²) < 4.78 is 16.4. The van der Waals surface area contributed by atoms with Crippen LogP contribution in [0.3, 0.4) is 0 Å². The van der Waals surface area contributed by atoms with Crippen molar-refractivity contribution >= 4 is 18.2 Å². The Bertz CT molecular complexity index is 1100. The van der Waals surface area contributed by atoms with Crippen molar-refractivity contribution < 1.29 is 33.7 Å². The van der Waals surface area contributed by atoms with Gasteiger partial charge in [0.05, 0.1) is 6.61 Å². The molecule has 1 heterocycles. The van der Waals surface area contributed by atoms with Crippen LogP contribution >= 0.6 is 0 Å². The van der Waals surface area contributed by atoms with E-state index in [0.717, 1.165) is 22.3 Å². The molecule has 1 aliphatic carbocycles. The summed E-state index contributed by atoms with van der Waals surface area (Å²) in [5.41, 5.74) is 3.96. The summed E-state index contributed by atoms with van der Waals surface area (Å²) in [7, 11) is 0.